The lowest BCUT2D eigenvalue weighted by molar-refractivity contribution is -0.161. The lowest BCUT2D eigenvalue weighted by Gasteiger charge is -2.49. The number of morpholine rings is 1. The predicted molar refractivity (Wildman–Crippen MR) is 118 cm³/mol. The summed E-state index contributed by atoms with van der Waals surface area (Å²) in [5.74, 6) is -0.0207. The largest absolute Gasteiger partial charge is 0.417 e. The van der Waals surface area contributed by atoms with Crippen molar-refractivity contribution in [3.05, 3.63) is 59.9 Å². The van der Waals surface area contributed by atoms with E-state index in [1.807, 2.05) is 42.2 Å². The molecule has 2 aromatic rings. The number of ether oxygens (including phenoxy) is 1. The Hall–Kier alpha value is -2.16. The number of alkyl halides is 3. The molecule has 0 radical (unpaired) electrons. The number of amides is 1. The lowest BCUT2D eigenvalue weighted by Crippen LogP contribution is -2.61. The molecule has 0 saturated carbocycles. The van der Waals surface area contributed by atoms with Crippen molar-refractivity contribution in [2.45, 2.75) is 44.1 Å². The number of para-hydroxylation sites is 1. The molecule has 174 valence electrons. The molecule has 0 aliphatic carbocycles. The smallest absolute Gasteiger partial charge is 0.360 e. The van der Waals surface area contributed by atoms with Crippen molar-refractivity contribution in [2.24, 2.45) is 0 Å². The van der Waals surface area contributed by atoms with E-state index < -0.39 is 17.8 Å². The molecule has 3 heterocycles. The van der Waals surface area contributed by atoms with E-state index in [2.05, 4.69) is 9.88 Å². The van der Waals surface area contributed by atoms with Crippen molar-refractivity contribution < 1.29 is 22.7 Å². The number of rotatable bonds is 4. The zero-order valence-electron chi connectivity index (χ0n) is 17.8. The third-order valence-electron chi connectivity index (χ3n) is 6.16. The van der Waals surface area contributed by atoms with Gasteiger partial charge in [-0.3, -0.25) is 9.78 Å². The van der Waals surface area contributed by atoms with Crippen LogP contribution in [0.1, 0.15) is 31.0 Å². The number of benzene rings is 1. The second-order valence-corrected chi connectivity index (χ2v) is 8.33. The van der Waals surface area contributed by atoms with Crippen LogP contribution in [0.5, 0.6) is 0 Å². The Kier molecular flexibility index (Phi) is 7.47. The number of carbonyl (C=O) groups excluding carboxylic acids is 1. The Balaban J connectivity index is 0.00000289. The minimum absolute atomic E-state index is 0. The zero-order chi connectivity index (χ0) is 22.1. The van der Waals surface area contributed by atoms with Gasteiger partial charge in [0.15, 0.2) is 0 Å². The molecule has 0 bridgehead atoms. The Labute approximate surface area is 192 Å². The van der Waals surface area contributed by atoms with Gasteiger partial charge in [-0.25, -0.2) is 0 Å². The fraction of sp³-hybridized carbons (Fsp3) is 0.478. The van der Waals surface area contributed by atoms with Crippen LogP contribution in [-0.4, -0.2) is 53.7 Å². The van der Waals surface area contributed by atoms with Crippen LogP contribution in [0.2, 0.25) is 0 Å². The maximum atomic E-state index is 12.7. The molecule has 1 unspecified atom stereocenters. The van der Waals surface area contributed by atoms with Crippen molar-refractivity contribution in [1.29, 1.82) is 0 Å². The van der Waals surface area contributed by atoms with E-state index in [9.17, 15) is 18.0 Å². The maximum Gasteiger partial charge on any atom is 0.417 e. The fourth-order valence-corrected chi connectivity index (χ4v) is 4.35. The van der Waals surface area contributed by atoms with E-state index in [1.165, 1.54) is 6.07 Å². The molecule has 1 aromatic heterocycles. The normalized spacial score (nSPS) is 21.4. The SMILES string of the molecule is CC1OC2(CCN(CCc3ccc(C(F)(F)F)cn3)CC2)CN(c2ccccc2)C1=O.Cl. The third-order valence-corrected chi connectivity index (χ3v) is 6.16. The van der Waals surface area contributed by atoms with E-state index in [1.54, 1.807) is 0 Å². The van der Waals surface area contributed by atoms with Gasteiger partial charge in [0.1, 0.15) is 6.10 Å². The highest BCUT2D eigenvalue weighted by atomic mass is 35.5. The molecular formula is C23H27ClF3N3O2. The number of hydrogen-bond donors (Lipinski definition) is 0. The summed E-state index contributed by atoms with van der Waals surface area (Å²) in [6, 6.07) is 12.2. The van der Waals surface area contributed by atoms with Gasteiger partial charge in [-0.1, -0.05) is 18.2 Å². The van der Waals surface area contributed by atoms with Gasteiger partial charge >= 0.3 is 6.18 Å². The summed E-state index contributed by atoms with van der Waals surface area (Å²) in [4.78, 5) is 20.7. The number of anilines is 1. The molecule has 1 amide bonds. The highest BCUT2D eigenvalue weighted by molar-refractivity contribution is 5.97. The zero-order valence-corrected chi connectivity index (χ0v) is 18.7. The fourth-order valence-electron chi connectivity index (χ4n) is 4.35. The first kappa shape index (κ1) is 24.5. The van der Waals surface area contributed by atoms with Crippen molar-refractivity contribution in [2.75, 3.05) is 31.1 Å². The van der Waals surface area contributed by atoms with Crippen LogP contribution in [-0.2, 0) is 22.1 Å². The van der Waals surface area contributed by atoms with Crippen molar-refractivity contribution in [3.63, 3.8) is 0 Å². The molecule has 2 aliphatic heterocycles. The number of pyridine rings is 1. The average molecular weight is 470 g/mol. The standard InChI is InChI=1S/C23H26F3N3O2.ClH/c1-17-21(30)29(20-5-3-2-4-6-20)16-22(31-17)10-13-28(14-11-22)12-9-19-8-7-18(15-27-19)23(24,25)26;/h2-8,15,17H,9-14,16H2,1H3;1H. The number of hydrogen-bond acceptors (Lipinski definition) is 4. The van der Waals surface area contributed by atoms with Gasteiger partial charge < -0.3 is 14.5 Å². The van der Waals surface area contributed by atoms with E-state index in [0.717, 1.165) is 50.4 Å². The number of aromatic nitrogens is 1. The molecule has 1 atom stereocenters. The Morgan fingerprint density at radius 1 is 1.12 bits per heavy atom. The van der Waals surface area contributed by atoms with Gasteiger partial charge in [-0.15, -0.1) is 12.4 Å². The molecule has 0 N–H and O–H groups in total. The van der Waals surface area contributed by atoms with E-state index in [0.29, 0.717) is 18.7 Å². The molecule has 2 saturated heterocycles. The van der Waals surface area contributed by atoms with Crippen molar-refractivity contribution >= 4 is 24.0 Å². The first-order valence-corrected chi connectivity index (χ1v) is 10.5. The Morgan fingerprint density at radius 3 is 2.41 bits per heavy atom. The van der Waals surface area contributed by atoms with Crippen LogP contribution in [0.3, 0.4) is 0 Å². The average Bonchev–Trinajstić information content (AvgIpc) is 2.76. The van der Waals surface area contributed by atoms with Crippen LogP contribution in [0.25, 0.3) is 0 Å². The number of piperidine rings is 1. The van der Waals surface area contributed by atoms with Crippen molar-refractivity contribution in [3.8, 4) is 0 Å². The first-order valence-electron chi connectivity index (χ1n) is 10.5. The first-order chi connectivity index (χ1) is 14.8. The second-order valence-electron chi connectivity index (χ2n) is 8.33. The second kappa shape index (κ2) is 9.77. The number of nitrogens with zero attached hydrogens (tertiary/aromatic N) is 3. The lowest BCUT2D eigenvalue weighted by atomic mass is 9.88. The van der Waals surface area contributed by atoms with Crippen LogP contribution in [0.15, 0.2) is 48.7 Å². The molecule has 9 heteroatoms. The summed E-state index contributed by atoms with van der Waals surface area (Å²) < 4.78 is 44.2. The summed E-state index contributed by atoms with van der Waals surface area (Å²) in [5.41, 5.74) is 0.443. The Bertz CT molecular complexity index is 901. The molecule has 1 aromatic carbocycles. The molecule has 2 fully saturated rings. The number of likely N-dealkylation sites (tertiary alicyclic amines) is 1. The van der Waals surface area contributed by atoms with Gasteiger partial charge in [-0.05, 0) is 44.0 Å². The maximum absolute atomic E-state index is 12.7. The minimum Gasteiger partial charge on any atom is -0.360 e. The predicted octanol–water partition coefficient (Wildman–Crippen LogP) is 4.35. The molecule has 1 spiro atoms. The van der Waals surface area contributed by atoms with Crippen LogP contribution in [0, 0.1) is 0 Å². The van der Waals surface area contributed by atoms with E-state index in [-0.39, 0.29) is 23.9 Å². The van der Waals surface area contributed by atoms with Crippen LogP contribution < -0.4 is 4.90 Å². The van der Waals surface area contributed by atoms with Crippen LogP contribution >= 0.6 is 12.4 Å². The number of carbonyl (C=O) groups is 1. The van der Waals surface area contributed by atoms with Crippen molar-refractivity contribution in [1.82, 2.24) is 9.88 Å². The molecule has 4 rings (SSSR count). The molecule has 2 aliphatic rings. The van der Waals surface area contributed by atoms with Gasteiger partial charge in [0.05, 0.1) is 17.7 Å². The highest BCUT2D eigenvalue weighted by Crippen LogP contribution is 2.35. The summed E-state index contributed by atoms with van der Waals surface area (Å²) in [6.07, 6.45) is -1.76. The highest BCUT2D eigenvalue weighted by Gasteiger charge is 2.45. The topological polar surface area (TPSA) is 45.7 Å². The molecular weight excluding hydrogens is 443 g/mol. The Morgan fingerprint density at radius 2 is 1.81 bits per heavy atom. The third kappa shape index (κ3) is 5.42. The van der Waals surface area contributed by atoms with Gasteiger partial charge in [-0.2, -0.15) is 13.2 Å². The van der Waals surface area contributed by atoms with Gasteiger partial charge in [0, 0.05) is 43.6 Å². The van der Waals surface area contributed by atoms with E-state index >= 15 is 0 Å². The summed E-state index contributed by atoms with van der Waals surface area (Å²) in [7, 11) is 0. The number of halogens is 4. The summed E-state index contributed by atoms with van der Waals surface area (Å²) >= 11 is 0. The summed E-state index contributed by atoms with van der Waals surface area (Å²) in [6.45, 7) is 4.69. The summed E-state index contributed by atoms with van der Waals surface area (Å²) in [5, 5.41) is 0. The van der Waals surface area contributed by atoms with E-state index in [4.69, 9.17) is 4.74 Å². The van der Waals surface area contributed by atoms with Crippen LogP contribution in [0.4, 0.5) is 18.9 Å². The monoisotopic (exact) mass is 469 g/mol. The molecule has 32 heavy (non-hydrogen) atoms. The van der Waals surface area contributed by atoms with Gasteiger partial charge in [0.25, 0.3) is 5.91 Å². The molecule has 5 nitrogen and oxygen atoms in total. The van der Waals surface area contributed by atoms with Gasteiger partial charge in [0.2, 0.25) is 0 Å². The quantitative estimate of drug-likeness (QED) is 0.668. The minimum atomic E-state index is -4.36.